The molecule has 0 aliphatic rings. The molecular weight excluding hydrogens is 727 g/mol. The molecule has 0 aromatic carbocycles. The van der Waals surface area contributed by atoms with Crippen molar-refractivity contribution < 1.29 is 20.1 Å². The third kappa shape index (κ3) is 44.2. The molecule has 0 aliphatic heterocycles. The zero-order chi connectivity index (χ0) is 43.0. The molecule has 0 fully saturated rings. The van der Waals surface area contributed by atoms with E-state index in [0.717, 1.165) is 51.4 Å². The van der Waals surface area contributed by atoms with Crippen molar-refractivity contribution >= 4 is 5.91 Å². The van der Waals surface area contributed by atoms with Gasteiger partial charge in [0.15, 0.2) is 0 Å². The molecule has 59 heavy (non-hydrogen) atoms. The van der Waals surface area contributed by atoms with E-state index in [1.54, 1.807) is 0 Å². The Morgan fingerprint density at radius 3 is 1.17 bits per heavy atom. The number of aliphatic hydroxyl groups is 3. The minimum absolute atomic E-state index is 0.158. The first-order chi connectivity index (χ1) is 29.1. The van der Waals surface area contributed by atoms with Crippen molar-refractivity contribution in [3.8, 4) is 0 Å². The quantitative estimate of drug-likeness (QED) is 0.0363. The molecule has 4 N–H and O–H groups in total. The second-order valence-electron chi connectivity index (χ2n) is 17.7. The first-order valence-electron chi connectivity index (χ1n) is 25.9. The van der Waals surface area contributed by atoms with Gasteiger partial charge in [0.1, 0.15) is 6.10 Å². The van der Waals surface area contributed by atoms with Gasteiger partial charge in [-0.2, -0.15) is 0 Å². The van der Waals surface area contributed by atoms with Crippen molar-refractivity contribution in [1.29, 1.82) is 0 Å². The fourth-order valence-corrected chi connectivity index (χ4v) is 7.86. The summed E-state index contributed by atoms with van der Waals surface area (Å²) < 4.78 is 0. The average Bonchev–Trinajstić information content (AvgIpc) is 3.24. The lowest BCUT2D eigenvalue weighted by Gasteiger charge is -2.26. The first kappa shape index (κ1) is 57.3. The lowest BCUT2D eigenvalue weighted by Crippen LogP contribution is -2.50. The largest absolute Gasteiger partial charge is 0.394 e. The van der Waals surface area contributed by atoms with Crippen LogP contribution in [-0.4, -0.2) is 46.1 Å². The number of hydrogen-bond donors (Lipinski definition) is 4. The molecule has 3 unspecified atom stereocenters. The van der Waals surface area contributed by atoms with E-state index in [4.69, 9.17) is 0 Å². The van der Waals surface area contributed by atoms with Crippen molar-refractivity contribution in [2.45, 2.75) is 283 Å². The molecule has 0 saturated heterocycles. The molecule has 0 saturated carbocycles. The van der Waals surface area contributed by atoms with Gasteiger partial charge in [0.2, 0.25) is 5.91 Å². The average molecular weight is 828 g/mol. The maximum Gasteiger partial charge on any atom is 0.220 e. The molecule has 0 aromatic rings. The van der Waals surface area contributed by atoms with Crippen molar-refractivity contribution in [2.75, 3.05) is 6.61 Å². The molecule has 0 radical (unpaired) electrons. The number of carbonyl (C=O) groups excluding carboxylic acids is 1. The van der Waals surface area contributed by atoms with Gasteiger partial charge < -0.3 is 20.6 Å². The Bertz CT molecular complexity index is 958. The molecule has 5 nitrogen and oxygen atoms in total. The van der Waals surface area contributed by atoms with Crippen molar-refractivity contribution in [3.05, 3.63) is 48.6 Å². The Kier molecular flexibility index (Phi) is 47.6. The van der Waals surface area contributed by atoms with Crippen LogP contribution < -0.4 is 5.32 Å². The summed E-state index contributed by atoms with van der Waals surface area (Å²) in [4.78, 5) is 12.5. The Morgan fingerprint density at radius 1 is 0.424 bits per heavy atom. The van der Waals surface area contributed by atoms with Crippen LogP contribution in [0.25, 0.3) is 0 Å². The zero-order valence-corrected chi connectivity index (χ0v) is 39.4. The van der Waals surface area contributed by atoms with Crippen molar-refractivity contribution in [3.63, 3.8) is 0 Å². The smallest absolute Gasteiger partial charge is 0.220 e. The van der Waals surface area contributed by atoms with E-state index in [1.807, 2.05) is 0 Å². The highest BCUT2D eigenvalue weighted by molar-refractivity contribution is 5.76. The Hall–Kier alpha value is -1.69. The SMILES string of the molecule is CCCCC/C=C/CC/C=C/CCCC(O)C(O)C(CO)NC(=O)CCCCCCCCCCCCCCCCCCC/C=C\C/C=C\CCCCCCCCCCC. The van der Waals surface area contributed by atoms with Gasteiger partial charge in [-0.05, 0) is 83.5 Å². The lowest BCUT2D eigenvalue weighted by atomic mass is 10.0. The van der Waals surface area contributed by atoms with Crippen LogP contribution in [0.15, 0.2) is 48.6 Å². The van der Waals surface area contributed by atoms with E-state index in [9.17, 15) is 20.1 Å². The molecule has 0 rings (SSSR count). The van der Waals surface area contributed by atoms with E-state index in [-0.39, 0.29) is 12.5 Å². The summed E-state index contributed by atoms with van der Waals surface area (Å²) in [7, 11) is 0. The van der Waals surface area contributed by atoms with Crippen LogP contribution >= 0.6 is 0 Å². The van der Waals surface area contributed by atoms with E-state index in [0.29, 0.717) is 12.8 Å². The molecule has 0 aliphatic carbocycles. The minimum atomic E-state index is -1.17. The molecule has 1 amide bonds. The summed E-state index contributed by atoms with van der Waals surface area (Å²) in [5.41, 5.74) is 0. The summed E-state index contributed by atoms with van der Waals surface area (Å²) >= 11 is 0. The number of allylic oxidation sites excluding steroid dienone is 8. The molecule has 0 aromatic heterocycles. The molecule has 0 heterocycles. The third-order valence-electron chi connectivity index (χ3n) is 11.9. The fraction of sp³-hybridized carbons (Fsp3) is 0.833. The van der Waals surface area contributed by atoms with Gasteiger partial charge in [0.25, 0.3) is 0 Å². The standard InChI is InChI=1S/C54H101NO4/c1-3-5-7-9-11-13-15-17-18-19-20-21-22-23-24-25-26-27-28-29-30-31-32-33-34-35-36-37-39-41-43-45-47-49-53(58)55-51(50-56)54(59)52(57)48-46-44-42-40-38-16-14-12-10-8-6-4-2/h12,14,20-21,23-24,40,42,51-52,54,56-57,59H,3-11,13,15-19,22,25-39,41,43-50H2,1-2H3,(H,55,58)/b14-12+,21-20-,24-23-,42-40+. The Balaban J connectivity index is 3.52. The Morgan fingerprint density at radius 2 is 0.746 bits per heavy atom. The third-order valence-corrected chi connectivity index (χ3v) is 11.9. The summed E-state index contributed by atoms with van der Waals surface area (Å²) in [5.74, 6) is -0.158. The molecule has 5 heteroatoms. The highest BCUT2D eigenvalue weighted by Gasteiger charge is 2.26. The number of amides is 1. The van der Waals surface area contributed by atoms with Crippen LogP contribution in [0, 0.1) is 0 Å². The van der Waals surface area contributed by atoms with Crippen LogP contribution in [0.1, 0.15) is 264 Å². The zero-order valence-electron chi connectivity index (χ0n) is 39.4. The van der Waals surface area contributed by atoms with Crippen molar-refractivity contribution in [1.82, 2.24) is 5.32 Å². The molecular formula is C54H101NO4. The maximum absolute atomic E-state index is 12.5. The molecule has 3 atom stereocenters. The van der Waals surface area contributed by atoms with E-state index >= 15 is 0 Å². The van der Waals surface area contributed by atoms with Gasteiger partial charge >= 0.3 is 0 Å². The number of rotatable bonds is 47. The van der Waals surface area contributed by atoms with Crippen molar-refractivity contribution in [2.24, 2.45) is 0 Å². The van der Waals surface area contributed by atoms with E-state index in [2.05, 4.69) is 67.8 Å². The summed E-state index contributed by atoms with van der Waals surface area (Å²) in [6, 6.07) is -0.832. The lowest BCUT2D eigenvalue weighted by molar-refractivity contribution is -0.124. The molecule has 0 spiro atoms. The first-order valence-corrected chi connectivity index (χ1v) is 25.9. The van der Waals surface area contributed by atoms with Gasteiger partial charge in [-0.3, -0.25) is 4.79 Å². The fourth-order valence-electron chi connectivity index (χ4n) is 7.86. The predicted molar refractivity (Wildman–Crippen MR) is 259 cm³/mol. The van der Waals surface area contributed by atoms with Crippen LogP contribution in [0.4, 0.5) is 0 Å². The highest BCUT2D eigenvalue weighted by Crippen LogP contribution is 2.16. The summed E-state index contributed by atoms with van der Waals surface area (Å²) in [6.45, 7) is 4.13. The van der Waals surface area contributed by atoms with Crippen LogP contribution in [0.2, 0.25) is 0 Å². The van der Waals surface area contributed by atoms with E-state index in [1.165, 1.54) is 186 Å². The monoisotopic (exact) mass is 828 g/mol. The molecule has 0 bridgehead atoms. The van der Waals surface area contributed by atoms with Gasteiger partial charge in [-0.1, -0.05) is 223 Å². The number of aliphatic hydroxyl groups excluding tert-OH is 3. The van der Waals surface area contributed by atoms with Gasteiger partial charge in [-0.25, -0.2) is 0 Å². The normalized spacial score (nSPS) is 13.8. The maximum atomic E-state index is 12.5. The highest BCUT2D eigenvalue weighted by atomic mass is 16.3. The number of unbranched alkanes of at least 4 members (excludes halogenated alkanes) is 31. The van der Waals surface area contributed by atoms with Gasteiger partial charge in [0, 0.05) is 6.42 Å². The van der Waals surface area contributed by atoms with Gasteiger partial charge in [-0.15, -0.1) is 0 Å². The minimum Gasteiger partial charge on any atom is -0.394 e. The van der Waals surface area contributed by atoms with E-state index < -0.39 is 18.2 Å². The summed E-state index contributed by atoms with van der Waals surface area (Å²) in [6.07, 6.45) is 64.1. The molecule has 346 valence electrons. The van der Waals surface area contributed by atoms with Crippen LogP contribution in [0.3, 0.4) is 0 Å². The predicted octanol–water partition coefficient (Wildman–Crippen LogP) is 15.7. The summed E-state index contributed by atoms with van der Waals surface area (Å²) in [5, 5.41) is 33.5. The van der Waals surface area contributed by atoms with Gasteiger partial charge in [0.05, 0.1) is 18.8 Å². The second kappa shape index (κ2) is 49.0. The second-order valence-corrected chi connectivity index (χ2v) is 17.7. The number of carbonyl (C=O) groups is 1. The number of hydrogen-bond acceptors (Lipinski definition) is 4. The van der Waals surface area contributed by atoms with Crippen LogP contribution in [-0.2, 0) is 4.79 Å². The Labute approximate surface area is 367 Å². The van der Waals surface area contributed by atoms with Crippen LogP contribution in [0.5, 0.6) is 0 Å². The topological polar surface area (TPSA) is 89.8 Å². The number of nitrogens with one attached hydrogen (secondary N) is 1.